The van der Waals surface area contributed by atoms with Crippen LogP contribution < -0.4 is 9.47 Å². The summed E-state index contributed by atoms with van der Waals surface area (Å²) in [5.41, 5.74) is 5.06. The van der Waals surface area contributed by atoms with E-state index in [1.807, 2.05) is 41.3 Å². The number of phenolic OH excluding ortho intramolecular Hbond substituents is 1. The van der Waals surface area contributed by atoms with Crippen LogP contribution in [0.15, 0.2) is 66.3 Å². The molecular weight excluding hydrogens is 514 g/mol. The molecule has 2 aliphatic heterocycles. The molecule has 2 aromatic rings. The number of fused-ring (bicyclic) bond motifs is 6. The molecule has 7 rings (SSSR count). The van der Waals surface area contributed by atoms with Gasteiger partial charge in [-0.1, -0.05) is 48.9 Å². The van der Waals surface area contributed by atoms with E-state index in [1.54, 1.807) is 18.2 Å². The summed E-state index contributed by atoms with van der Waals surface area (Å²) in [4.78, 5) is 26.1. The van der Waals surface area contributed by atoms with E-state index in [2.05, 4.69) is 19.1 Å². The number of ether oxygens (including phenoxy) is 2. The van der Waals surface area contributed by atoms with Crippen molar-refractivity contribution in [2.24, 2.45) is 11.3 Å². The molecule has 0 bridgehead atoms. The van der Waals surface area contributed by atoms with Crippen molar-refractivity contribution in [1.29, 1.82) is 0 Å². The van der Waals surface area contributed by atoms with Crippen LogP contribution >= 0.6 is 0 Å². The lowest BCUT2D eigenvalue weighted by atomic mass is 9.60. The minimum absolute atomic E-state index is 0.100. The van der Waals surface area contributed by atoms with Gasteiger partial charge in [-0.2, -0.15) is 0 Å². The van der Waals surface area contributed by atoms with Gasteiger partial charge in [0.15, 0.2) is 11.5 Å². The standard InChI is InChI=1S/C18H20O2.C17H19NO3/c1-18-9-8-14-13-5-3-12(19)10-11(13)2-4-15(14)16(18)6-7-17(18)20;19-17(18-10-4-1-5-11-18)7-3-2-6-14-8-9-15-16(12-14)21-13-20-15/h3-5,10,14,16,19H,2,6-9H2,1H3;2-3,6-9,12H,1,4-5,10-11,13H2. The Labute approximate surface area is 242 Å². The van der Waals surface area contributed by atoms with Crippen molar-refractivity contribution in [1.82, 2.24) is 4.90 Å². The number of aromatic hydroxyl groups is 1. The molecule has 3 unspecified atom stereocenters. The Morgan fingerprint density at radius 3 is 2.71 bits per heavy atom. The zero-order valence-electron chi connectivity index (χ0n) is 23.8. The molecule has 0 spiro atoms. The second kappa shape index (κ2) is 11.6. The van der Waals surface area contributed by atoms with Crippen LogP contribution in [0.2, 0.25) is 0 Å². The molecule has 0 aromatic heterocycles. The van der Waals surface area contributed by atoms with Crippen LogP contribution in [0.4, 0.5) is 0 Å². The van der Waals surface area contributed by atoms with Crippen LogP contribution in [0, 0.1) is 11.3 Å². The SMILES string of the molecule is CC12CCC3C(=CCc4cc(O)ccc43)C1CCC2=O.O=C(C=CC=Cc1ccc2c(c1)OCO2)N1CCCCC1. The van der Waals surface area contributed by atoms with Crippen LogP contribution in [0.25, 0.3) is 6.08 Å². The zero-order valence-corrected chi connectivity index (χ0v) is 23.8. The van der Waals surface area contributed by atoms with E-state index in [4.69, 9.17) is 9.47 Å². The Morgan fingerprint density at radius 1 is 1.02 bits per heavy atom. The minimum Gasteiger partial charge on any atom is -0.508 e. The minimum atomic E-state index is -0.100. The van der Waals surface area contributed by atoms with E-state index in [9.17, 15) is 14.7 Å². The number of benzene rings is 2. The number of likely N-dealkylation sites (tertiary alicyclic amines) is 1. The van der Waals surface area contributed by atoms with Crippen molar-refractivity contribution < 1.29 is 24.2 Å². The molecule has 214 valence electrons. The first kappa shape index (κ1) is 27.4. The van der Waals surface area contributed by atoms with Crippen molar-refractivity contribution in [2.75, 3.05) is 19.9 Å². The Bertz CT molecular complexity index is 1420. The maximum Gasteiger partial charge on any atom is 0.246 e. The van der Waals surface area contributed by atoms with E-state index in [0.29, 0.717) is 23.4 Å². The molecule has 6 nitrogen and oxygen atoms in total. The van der Waals surface area contributed by atoms with Crippen molar-refractivity contribution in [3.63, 3.8) is 0 Å². The first-order valence-corrected chi connectivity index (χ1v) is 15.0. The highest BCUT2D eigenvalue weighted by Gasteiger charge is 2.52. The van der Waals surface area contributed by atoms with Gasteiger partial charge in [0.2, 0.25) is 12.7 Å². The van der Waals surface area contributed by atoms with Gasteiger partial charge in [-0.05, 0) is 91.8 Å². The zero-order chi connectivity index (χ0) is 28.4. The molecule has 1 amide bonds. The van der Waals surface area contributed by atoms with Gasteiger partial charge in [0, 0.05) is 36.9 Å². The van der Waals surface area contributed by atoms with E-state index in [-0.39, 0.29) is 18.1 Å². The molecule has 1 N–H and O–H groups in total. The fourth-order valence-electron chi connectivity index (χ4n) is 7.27. The van der Waals surface area contributed by atoms with Gasteiger partial charge in [0.05, 0.1) is 0 Å². The highest BCUT2D eigenvalue weighted by molar-refractivity contribution is 5.88. The maximum absolute atomic E-state index is 12.2. The summed E-state index contributed by atoms with van der Waals surface area (Å²) in [5.74, 6) is 3.41. The number of hydrogen-bond acceptors (Lipinski definition) is 5. The average Bonchev–Trinajstić information content (AvgIpc) is 3.59. The summed E-state index contributed by atoms with van der Waals surface area (Å²) in [6.07, 6.45) is 17.8. The van der Waals surface area contributed by atoms with Crippen molar-refractivity contribution in [3.8, 4) is 17.2 Å². The summed E-state index contributed by atoms with van der Waals surface area (Å²) in [6.45, 7) is 4.23. The number of nitrogens with zero attached hydrogens (tertiary/aromatic N) is 1. The van der Waals surface area contributed by atoms with Crippen molar-refractivity contribution in [2.45, 2.75) is 64.2 Å². The summed E-state index contributed by atoms with van der Waals surface area (Å²) in [6, 6.07) is 11.6. The van der Waals surface area contributed by atoms with Gasteiger partial charge < -0.3 is 19.5 Å². The number of piperidine rings is 1. The van der Waals surface area contributed by atoms with E-state index in [0.717, 1.165) is 75.1 Å². The summed E-state index contributed by atoms with van der Waals surface area (Å²) in [5, 5.41) is 9.64. The number of carbonyl (C=O) groups is 2. The molecule has 3 atom stereocenters. The summed E-state index contributed by atoms with van der Waals surface area (Å²) < 4.78 is 10.6. The van der Waals surface area contributed by atoms with E-state index >= 15 is 0 Å². The first-order valence-electron chi connectivity index (χ1n) is 15.0. The average molecular weight is 554 g/mol. The normalized spacial score (nSPS) is 26.2. The molecule has 41 heavy (non-hydrogen) atoms. The van der Waals surface area contributed by atoms with Crippen LogP contribution in [-0.4, -0.2) is 41.6 Å². The molecule has 2 aromatic carbocycles. The maximum atomic E-state index is 12.2. The molecule has 2 heterocycles. The number of allylic oxidation sites excluding steroid dienone is 4. The monoisotopic (exact) mass is 553 g/mol. The molecule has 0 radical (unpaired) electrons. The highest BCUT2D eigenvalue weighted by atomic mass is 16.7. The Hall–Kier alpha value is -3.80. The topological polar surface area (TPSA) is 76.1 Å². The molecular formula is C35H39NO5. The Morgan fingerprint density at radius 2 is 1.85 bits per heavy atom. The second-order valence-corrected chi connectivity index (χ2v) is 12.0. The largest absolute Gasteiger partial charge is 0.508 e. The first-order chi connectivity index (χ1) is 19.9. The van der Waals surface area contributed by atoms with Crippen molar-refractivity contribution in [3.05, 3.63) is 83.0 Å². The smallest absolute Gasteiger partial charge is 0.246 e. The van der Waals surface area contributed by atoms with Crippen LogP contribution in [-0.2, 0) is 16.0 Å². The Kier molecular flexibility index (Phi) is 7.74. The number of carbonyl (C=O) groups excluding carboxylic acids is 2. The van der Waals surface area contributed by atoms with Gasteiger partial charge >= 0.3 is 0 Å². The molecule has 3 aliphatic carbocycles. The third-order valence-corrected chi connectivity index (χ3v) is 9.59. The molecule has 6 heteroatoms. The molecule has 5 aliphatic rings. The third kappa shape index (κ3) is 5.57. The number of phenols is 1. The fraction of sp³-hybridized carbons (Fsp3) is 0.429. The quantitative estimate of drug-likeness (QED) is 0.259. The fourth-order valence-corrected chi connectivity index (χ4v) is 7.27. The van der Waals surface area contributed by atoms with E-state index < -0.39 is 0 Å². The lowest BCUT2D eigenvalue weighted by molar-refractivity contribution is -0.127. The molecule has 3 fully saturated rings. The number of ketones is 1. The van der Waals surface area contributed by atoms with Crippen molar-refractivity contribution >= 4 is 17.8 Å². The highest BCUT2D eigenvalue weighted by Crippen LogP contribution is 2.57. The number of hydrogen-bond donors (Lipinski definition) is 1. The molecule has 2 saturated carbocycles. The third-order valence-electron chi connectivity index (χ3n) is 9.59. The lowest BCUT2D eigenvalue weighted by Crippen LogP contribution is -2.37. The van der Waals surface area contributed by atoms with Crippen LogP contribution in [0.3, 0.4) is 0 Å². The second-order valence-electron chi connectivity index (χ2n) is 12.0. The Balaban J connectivity index is 0.000000148. The molecule has 1 saturated heterocycles. The number of Topliss-reactive ketones (excluding diaryl/α,β-unsaturated/α-hetero) is 1. The number of rotatable bonds is 3. The van der Waals surface area contributed by atoms with E-state index in [1.165, 1.54) is 23.1 Å². The predicted octanol–water partition coefficient (Wildman–Crippen LogP) is 6.73. The van der Waals surface area contributed by atoms with Gasteiger partial charge in [0.1, 0.15) is 11.5 Å². The van der Waals surface area contributed by atoms with Gasteiger partial charge in [-0.3, -0.25) is 9.59 Å². The van der Waals surface area contributed by atoms with Gasteiger partial charge in [-0.25, -0.2) is 0 Å². The number of amides is 1. The predicted molar refractivity (Wildman–Crippen MR) is 159 cm³/mol. The van der Waals surface area contributed by atoms with Crippen LogP contribution in [0.1, 0.15) is 74.5 Å². The summed E-state index contributed by atoms with van der Waals surface area (Å²) >= 11 is 0. The lowest BCUT2D eigenvalue weighted by Gasteiger charge is -2.43. The van der Waals surface area contributed by atoms with Gasteiger partial charge in [0.25, 0.3) is 0 Å². The summed E-state index contributed by atoms with van der Waals surface area (Å²) in [7, 11) is 0. The van der Waals surface area contributed by atoms with Gasteiger partial charge in [-0.15, -0.1) is 0 Å². The van der Waals surface area contributed by atoms with Crippen LogP contribution in [0.5, 0.6) is 17.2 Å².